The van der Waals surface area contributed by atoms with Gasteiger partial charge in [-0.25, -0.2) is 4.98 Å². The number of amides is 1. The van der Waals surface area contributed by atoms with Gasteiger partial charge in [0.1, 0.15) is 11.6 Å². The molecule has 0 atom stereocenters. The second-order valence-electron chi connectivity index (χ2n) is 6.38. The van der Waals surface area contributed by atoms with Crippen molar-refractivity contribution in [2.75, 3.05) is 26.8 Å². The summed E-state index contributed by atoms with van der Waals surface area (Å²) in [5.41, 5.74) is 2.47. The normalized spacial score (nSPS) is 14.6. The highest BCUT2D eigenvalue weighted by Crippen LogP contribution is 2.29. The summed E-state index contributed by atoms with van der Waals surface area (Å²) in [6.07, 6.45) is 3.56. The van der Waals surface area contributed by atoms with E-state index in [2.05, 4.69) is 11.1 Å². The molecule has 0 aliphatic carbocycles. The Kier molecular flexibility index (Phi) is 6.05. The van der Waals surface area contributed by atoms with E-state index in [1.54, 1.807) is 12.3 Å². The lowest BCUT2D eigenvalue weighted by Crippen LogP contribution is -2.40. The van der Waals surface area contributed by atoms with Crippen LogP contribution in [0.2, 0.25) is 0 Å². The Hall–Kier alpha value is -2.91. The Morgan fingerprint density at radius 3 is 2.78 bits per heavy atom. The second kappa shape index (κ2) is 8.65. The number of pyridine rings is 1. The van der Waals surface area contributed by atoms with Crippen molar-refractivity contribution < 1.29 is 14.3 Å². The topological polar surface area (TPSA) is 75.4 Å². The molecule has 1 aromatic heterocycles. The number of ether oxygens (including phenoxy) is 2. The third kappa shape index (κ3) is 4.09. The molecule has 0 bridgehead atoms. The van der Waals surface area contributed by atoms with Gasteiger partial charge < -0.3 is 14.4 Å². The molecule has 140 valence electrons. The van der Waals surface area contributed by atoms with Crippen LogP contribution in [0.5, 0.6) is 5.88 Å². The van der Waals surface area contributed by atoms with E-state index < -0.39 is 0 Å². The maximum Gasteiger partial charge on any atom is 0.253 e. The summed E-state index contributed by atoms with van der Waals surface area (Å²) in [6.45, 7) is 4.09. The first-order valence-electron chi connectivity index (χ1n) is 9.12. The van der Waals surface area contributed by atoms with Gasteiger partial charge >= 0.3 is 0 Å². The van der Waals surface area contributed by atoms with Gasteiger partial charge in [0.05, 0.1) is 13.2 Å². The van der Waals surface area contributed by atoms with Gasteiger partial charge in [-0.2, -0.15) is 5.26 Å². The van der Waals surface area contributed by atoms with E-state index in [-0.39, 0.29) is 17.9 Å². The largest absolute Gasteiger partial charge is 0.480 e. The van der Waals surface area contributed by atoms with Crippen molar-refractivity contribution in [3.8, 4) is 23.1 Å². The molecule has 0 unspecified atom stereocenters. The monoisotopic (exact) mass is 365 g/mol. The maximum absolute atomic E-state index is 12.9. The number of rotatable bonds is 5. The van der Waals surface area contributed by atoms with Crippen LogP contribution >= 0.6 is 0 Å². The van der Waals surface area contributed by atoms with E-state index in [4.69, 9.17) is 9.47 Å². The number of hydrogen-bond donors (Lipinski definition) is 0. The van der Waals surface area contributed by atoms with Gasteiger partial charge in [0.25, 0.3) is 5.91 Å². The molecule has 1 aliphatic rings. The molecule has 0 radical (unpaired) electrons. The second-order valence-corrected chi connectivity index (χ2v) is 6.38. The SMILES string of the molecule is CCOC1CCN(C(=O)c2cccc(-c3ccnc(OC)c3C#N)c2)CC1. The highest BCUT2D eigenvalue weighted by Gasteiger charge is 2.24. The molecule has 3 rings (SSSR count). The number of nitrogens with zero attached hydrogens (tertiary/aromatic N) is 3. The molecule has 1 saturated heterocycles. The van der Waals surface area contributed by atoms with E-state index in [1.165, 1.54) is 7.11 Å². The van der Waals surface area contributed by atoms with Crippen LogP contribution in [0.1, 0.15) is 35.7 Å². The van der Waals surface area contributed by atoms with Gasteiger partial charge in [0.2, 0.25) is 5.88 Å². The fourth-order valence-corrected chi connectivity index (χ4v) is 3.41. The molecule has 0 N–H and O–H groups in total. The first kappa shape index (κ1) is 18.9. The van der Waals surface area contributed by atoms with Gasteiger partial charge in [-0.1, -0.05) is 12.1 Å². The summed E-state index contributed by atoms with van der Waals surface area (Å²) in [4.78, 5) is 18.9. The molecule has 27 heavy (non-hydrogen) atoms. The van der Waals surface area contributed by atoms with Crippen LogP contribution in [-0.4, -0.2) is 48.7 Å². The average Bonchev–Trinajstić information content (AvgIpc) is 2.73. The van der Waals surface area contributed by atoms with Gasteiger partial charge in [-0.05, 0) is 43.5 Å². The van der Waals surface area contributed by atoms with E-state index in [1.807, 2.05) is 36.1 Å². The molecule has 0 spiro atoms. The predicted molar refractivity (Wildman–Crippen MR) is 101 cm³/mol. The van der Waals surface area contributed by atoms with E-state index in [0.29, 0.717) is 36.4 Å². The number of methoxy groups -OCH3 is 1. The smallest absolute Gasteiger partial charge is 0.253 e. The summed E-state index contributed by atoms with van der Waals surface area (Å²) in [5, 5.41) is 9.49. The zero-order valence-electron chi connectivity index (χ0n) is 15.6. The van der Waals surface area contributed by atoms with Crippen LogP contribution in [0, 0.1) is 11.3 Å². The fourth-order valence-electron chi connectivity index (χ4n) is 3.41. The summed E-state index contributed by atoms with van der Waals surface area (Å²) in [7, 11) is 1.48. The van der Waals surface area contributed by atoms with Gasteiger partial charge in [0, 0.05) is 37.0 Å². The van der Waals surface area contributed by atoms with Crippen molar-refractivity contribution in [1.29, 1.82) is 5.26 Å². The summed E-state index contributed by atoms with van der Waals surface area (Å²) >= 11 is 0. The number of piperidine rings is 1. The lowest BCUT2D eigenvalue weighted by atomic mass is 9.99. The maximum atomic E-state index is 12.9. The van der Waals surface area contributed by atoms with Crippen LogP contribution in [-0.2, 0) is 4.74 Å². The zero-order chi connectivity index (χ0) is 19.2. The molecule has 1 fully saturated rings. The van der Waals surface area contributed by atoms with Crippen LogP contribution in [0.15, 0.2) is 36.5 Å². The van der Waals surface area contributed by atoms with Crippen molar-refractivity contribution in [1.82, 2.24) is 9.88 Å². The minimum absolute atomic E-state index is 0.00586. The van der Waals surface area contributed by atoms with Crippen LogP contribution in [0.4, 0.5) is 0 Å². The first-order valence-corrected chi connectivity index (χ1v) is 9.12. The minimum Gasteiger partial charge on any atom is -0.480 e. The lowest BCUT2D eigenvalue weighted by molar-refractivity contribution is 0.0146. The zero-order valence-corrected chi connectivity index (χ0v) is 15.6. The summed E-state index contributed by atoms with van der Waals surface area (Å²) in [6, 6.07) is 11.3. The Labute approximate surface area is 159 Å². The molecule has 2 aromatic rings. The molecule has 2 heterocycles. The number of likely N-dealkylation sites (tertiary alicyclic amines) is 1. The molecule has 0 saturated carbocycles. The van der Waals surface area contributed by atoms with Crippen molar-refractivity contribution in [3.05, 3.63) is 47.7 Å². The molecular weight excluding hydrogens is 342 g/mol. The Bertz CT molecular complexity index is 852. The van der Waals surface area contributed by atoms with Gasteiger partial charge in [0.15, 0.2) is 0 Å². The van der Waals surface area contributed by atoms with E-state index >= 15 is 0 Å². The molecular formula is C21H23N3O3. The number of carbonyl (C=O) groups excluding carboxylic acids is 1. The minimum atomic E-state index is 0.00586. The number of aromatic nitrogens is 1. The average molecular weight is 365 g/mol. The molecule has 1 aromatic carbocycles. The third-order valence-corrected chi connectivity index (χ3v) is 4.77. The highest BCUT2D eigenvalue weighted by atomic mass is 16.5. The molecule has 6 heteroatoms. The standard InChI is InChI=1S/C21H23N3O3/c1-3-27-17-8-11-24(12-9-17)21(25)16-6-4-5-15(13-16)18-7-10-23-20(26-2)19(18)14-22/h4-7,10,13,17H,3,8-9,11-12H2,1-2H3. The van der Waals surface area contributed by atoms with Crippen LogP contribution in [0.3, 0.4) is 0 Å². The number of carbonyl (C=O) groups is 1. The first-order chi connectivity index (χ1) is 13.2. The van der Waals surface area contributed by atoms with Crippen LogP contribution in [0.25, 0.3) is 11.1 Å². The highest BCUT2D eigenvalue weighted by molar-refractivity contribution is 5.95. The van der Waals surface area contributed by atoms with Crippen molar-refractivity contribution in [2.45, 2.75) is 25.9 Å². The van der Waals surface area contributed by atoms with Crippen molar-refractivity contribution in [2.24, 2.45) is 0 Å². The quantitative estimate of drug-likeness (QED) is 0.813. The fraction of sp³-hybridized carbons (Fsp3) is 0.381. The van der Waals surface area contributed by atoms with Crippen molar-refractivity contribution in [3.63, 3.8) is 0 Å². The molecule has 1 aliphatic heterocycles. The van der Waals surface area contributed by atoms with Gasteiger partial charge in [-0.3, -0.25) is 4.79 Å². The lowest BCUT2D eigenvalue weighted by Gasteiger charge is -2.31. The third-order valence-electron chi connectivity index (χ3n) is 4.77. The summed E-state index contributed by atoms with van der Waals surface area (Å²) < 4.78 is 10.8. The van der Waals surface area contributed by atoms with Gasteiger partial charge in [-0.15, -0.1) is 0 Å². The summed E-state index contributed by atoms with van der Waals surface area (Å²) in [5.74, 6) is 0.288. The number of nitriles is 1. The Balaban J connectivity index is 1.83. The molecule has 6 nitrogen and oxygen atoms in total. The van der Waals surface area contributed by atoms with Crippen LogP contribution < -0.4 is 4.74 Å². The number of benzene rings is 1. The number of hydrogen-bond acceptors (Lipinski definition) is 5. The predicted octanol–water partition coefficient (Wildman–Crippen LogP) is 3.27. The van der Waals surface area contributed by atoms with E-state index in [0.717, 1.165) is 18.4 Å². The Morgan fingerprint density at radius 1 is 1.33 bits per heavy atom. The van der Waals surface area contributed by atoms with E-state index in [9.17, 15) is 10.1 Å². The Morgan fingerprint density at radius 2 is 2.11 bits per heavy atom. The van der Waals surface area contributed by atoms with Crippen molar-refractivity contribution >= 4 is 5.91 Å². The molecule has 1 amide bonds.